The van der Waals surface area contributed by atoms with Crippen LogP contribution in [0, 0.1) is 0 Å². The maximum Gasteiger partial charge on any atom is 0.185 e. The first-order chi connectivity index (χ1) is 6.54. The molecule has 78 valence electrons. The van der Waals surface area contributed by atoms with Crippen LogP contribution in [0.5, 0.6) is 0 Å². The zero-order chi connectivity index (χ0) is 10.7. The van der Waals surface area contributed by atoms with Crippen molar-refractivity contribution in [2.45, 2.75) is 19.9 Å². The minimum Gasteiger partial charge on any atom is -0.314 e. The third-order valence-electron chi connectivity index (χ3n) is 2.06. The van der Waals surface area contributed by atoms with E-state index < -0.39 is 0 Å². The van der Waals surface area contributed by atoms with Gasteiger partial charge in [-0.25, -0.2) is 4.98 Å². The molecule has 1 aromatic rings. The lowest BCUT2D eigenvalue weighted by Gasteiger charge is -2.09. The number of rotatable bonds is 3. The number of hydrogen-bond donors (Lipinski definition) is 1. The quantitative estimate of drug-likeness (QED) is 0.889. The second kappa shape index (κ2) is 5.12. The van der Waals surface area contributed by atoms with Crippen LogP contribution >= 0.6 is 34.5 Å². The van der Waals surface area contributed by atoms with Crippen molar-refractivity contribution < 1.29 is 0 Å². The molecule has 0 aliphatic carbocycles. The van der Waals surface area contributed by atoms with Gasteiger partial charge >= 0.3 is 0 Å². The molecule has 1 N–H and O–H groups in total. The Morgan fingerprint density at radius 3 is 2.64 bits per heavy atom. The molecular weight excluding hydrogens is 239 g/mol. The van der Waals surface area contributed by atoms with Crippen LogP contribution in [0.2, 0.25) is 9.62 Å². The molecule has 1 rings (SSSR count). The smallest absolute Gasteiger partial charge is 0.185 e. The molecule has 0 bridgehead atoms. The maximum atomic E-state index is 5.89. The van der Waals surface area contributed by atoms with E-state index in [0.29, 0.717) is 15.7 Å². The molecule has 1 aromatic heterocycles. The summed E-state index contributed by atoms with van der Waals surface area (Å²) < 4.78 is 0.478. The summed E-state index contributed by atoms with van der Waals surface area (Å²) in [5.74, 6) is 0. The Morgan fingerprint density at radius 1 is 1.57 bits per heavy atom. The molecule has 0 aliphatic heterocycles. The summed E-state index contributed by atoms with van der Waals surface area (Å²) in [6.07, 6.45) is 2.01. The number of thiazole rings is 1. The number of nitrogens with zero attached hydrogens (tertiary/aromatic N) is 1. The summed E-state index contributed by atoms with van der Waals surface area (Å²) in [4.78, 5) is 4.85. The molecule has 0 fully saturated rings. The molecule has 14 heavy (non-hydrogen) atoms. The highest BCUT2D eigenvalue weighted by Crippen LogP contribution is 2.28. The Bertz CT molecular complexity index is 347. The zero-order valence-corrected chi connectivity index (χ0v) is 10.6. The lowest BCUT2D eigenvalue weighted by molar-refractivity contribution is 0.696. The van der Waals surface area contributed by atoms with E-state index in [1.54, 1.807) is 0 Å². The van der Waals surface area contributed by atoms with Gasteiger partial charge in [0.1, 0.15) is 5.15 Å². The average molecular weight is 251 g/mol. The SMILES string of the molecule is CNC(C)C(C)=Cc1sc(Cl)nc1Cl. The van der Waals surface area contributed by atoms with Crippen molar-refractivity contribution in [1.29, 1.82) is 0 Å². The number of likely N-dealkylation sites (N-methyl/N-ethyl adjacent to an activating group) is 1. The van der Waals surface area contributed by atoms with Gasteiger partial charge in [-0.15, -0.1) is 11.3 Å². The van der Waals surface area contributed by atoms with Crippen LogP contribution in [-0.4, -0.2) is 18.1 Å². The molecule has 0 aromatic carbocycles. The fourth-order valence-corrected chi connectivity index (χ4v) is 2.31. The third kappa shape index (κ3) is 2.95. The molecule has 1 heterocycles. The lowest BCUT2D eigenvalue weighted by atomic mass is 10.1. The second-order valence-corrected chi connectivity index (χ2v) is 4.99. The number of aromatic nitrogens is 1. The third-order valence-corrected chi connectivity index (χ3v) is 3.57. The van der Waals surface area contributed by atoms with Crippen LogP contribution in [0.25, 0.3) is 6.08 Å². The van der Waals surface area contributed by atoms with Gasteiger partial charge < -0.3 is 5.32 Å². The molecule has 0 radical (unpaired) electrons. The van der Waals surface area contributed by atoms with E-state index in [0.717, 1.165) is 4.88 Å². The van der Waals surface area contributed by atoms with Crippen LogP contribution in [0.1, 0.15) is 18.7 Å². The average Bonchev–Trinajstić information content (AvgIpc) is 2.44. The first-order valence-electron chi connectivity index (χ1n) is 4.22. The molecule has 0 spiro atoms. The predicted octanol–water partition coefficient (Wildman–Crippen LogP) is 3.46. The highest BCUT2D eigenvalue weighted by atomic mass is 35.5. The van der Waals surface area contributed by atoms with Crippen LogP contribution in [0.15, 0.2) is 5.57 Å². The molecule has 1 unspecified atom stereocenters. The van der Waals surface area contributed by atoms with E-state index in [1.807, 2.05) is 20.0 Å². The fourth-order valence-electron chi connectivity index (χ4n) is 0.936. The standard InChI is InChI=1S/C9H12Cl2N2S/c1-5(6(2)12-3)4-7-8(10)13-9(11)14-7/h4,6,12H,1-3H3. The Kier molecular flexibility index (Phi) is 4.38. The van der Waals surface area contributed by atoms with Crippen LogP contribution < -0.4 is 5.32 Å². The number of nitrogens with one attached hydrogen (secondary N) is 1. The van der Waals surface area contributed by atoms with Crippen LogP contribution in [0.4, 0.5) is 0 Å². The summed E-state index contributed by atoms with van der Waals surface area (Å²) >= 11 is 13.0. The summed E-state index contributed by atoms with van der Waals surface area (Å²) in [5, 5.41) is 3.63. The van der Waals surface area contributed by atoms with Gasteiger partial charge in [-0.3, -0.25) is 0 Å². The van der Waals surface area contributed by atoms with Gasteiger partial charge in [0.15, 0.2) is 4.47 Å². The van der Waals surface area contributed by atoms with Crippen molar-refractivity contribution in [2.24, 2.45) is 0 Å². The summed E-state index contributed by atoms with van der Waals surface area (Å²) in [7, 11) is 1.92. The normalized spacial score (nSPS) is 14.5. The molecule has 0 amide bonds. The van der Waals surface area contributed by atoms with Crippen molar-refractivity contribution >= 4 is 40.6 Å². The van der Waals surface area contributed by atoms with E-state index in [1.165, 1.54) is 16.9 Å². The Balaban J connectivity index is 2.91. The van der Waals surface area contributed by atoms with Gasteiger partial charge in [-0.05, 0) is 27.0 Å². The summed E-state index contributed by atoms with van der Waals surface area (Å²) in [6, 6.07) is 0.326. The molecule has 0 aliphatic rings. The number of hydrogen-bond acceptors (Lipinski definition) is 3. The highest BCUT2D eigenvalue weighted by molar-refractivity contribution is 7.17. The van der Waals surface area contributed by atoms with Gasteiger partial charge in [0.25, 0.3) is 0 Å². The van der Waals surface area contributed by atoms with Crippen molar-refractivity contribution in [3.05, 3.63) is 20.1 Å². The summed E-state index contributed by atoms with van der Waals surface area (Å²) in [6.45, 7) is 4.13. The topological polar surface area (TPSA) is 24.9 Å². The van der Waals surface area contributed by atoms with E-state index in [4.69, 9.17) is 23.2 Å². The van der Waals surface area contributed by atoms with E-state index in [2.05, 4.69) is 17.2 Å². The first-order valence-corrected chi connectivity index (χ1v) is 5.79. The van der Waals surface area contributed by atoms with Crippen molar-refractivity contribution in [3.8, 4) is 0 Å². The maximum absolute atomic E-state index is 5.89. The first kappa shape index (κ1) is 12.0. The Labute approximate surface area is 97.9 Å². The molecule has 2 nitrogen and oxygen atoms in total. The van der Waals surface area contributed by atoms with Gasteiger partial charge in [0, 0.05) is 6.04 Å². The minimum atomic E-state index is 0.326. The van der Waals surface area contributed by atoms with Crippen molar-refractivity contribution in [3.63, 3.8) is 0 Å². The molecule has 0 saturated heterocycles. The second-order valence-electron chi connectivity index (χ2n) is 3.02. The van der Waals surface area contributed by atoms with Crippen molar-refractivity contribution in [1.82, 2.24) is 10.3 Å². The molecular formula is C9H12Cl2N2S. The lowest BCUT2D eigenvalue weighted by Crippen LogP contribution is -2.21. The summed E-state index contributed by atoms with van der Waals surface area (Å²) in [5.41, 5.74) is 1.20. The van der Waals surface area contributed by atoms with Gasteiger partial charge in [-0.2, -0.15) is 0 Å². The van der Waals surface area contributed by atoms with Gasteiger partial charge in [0.05, 0.1) is 4.88 Å². The van der Waals surface area contributed by atoms with Crippen LogP contribution in [-0.2, 0) is 0 Å². The fraction of sp³-hybridized carbons (Fsp3) is 0.444. The molecule has 1 atom stereocenters. The Morgan fingerprint density at radius 2 is 2.21 bits per heavy atom. The highest BCUT2D eigenvalue weighted by Gasteiger charge is 2.07. The van der Waals surface area contributed by atoms with Gasteiger partial charge in [0.2, 0.25) is 0 Å². The largest absolute Gasteiger partial charge is 0.314 e. The van der Waals surface area contributed by atoms with E-state index >= 15 is 0 Å². The van der Waals surface area contributed by atoms with E-state index in [9.17, 15) is 0 Å². The molecule has 0 saturated carbocycles. The van der Waals surface area contributed by atoms with E-state index in [-0.39, 0.29) is 0 Å². The monoisotopic (exact) mass is 250 g/mol. The minimum absolute atomic E-state index is 0.326. The zero-order valence-electron chi connectivity index (χ0n) is 8.27. The number of halogens is 2. The molecule has 5 heteroatoms. The predicted molar refractivity (Wildman–Crippen MR) is 64.3 cm³/mol. The van der Waals surface area contributed by atoms with Gasteiger partial charge in [-0.1, -0.05) is 28.8 Å². The van der Waals surface area contributed by atoms with Crippen LogP contribution in [0.3, 0.4) is 0 Å². The van der Waals surface area contributed by atoms with Crippen molar-refractivity contribution in [2.75, 3.05) is 7.05 Å². The Hall–Kier alpha value is -0.0900.